The highest BCUT2D eigenvalue weighted by molar-refractivity contribution is 6.35. The highest BCUT2D eigenvalue weighted by Crippen LogP contribution is 2.39. The van der Waals surface area contributed by atoms with Crippen LogP contribution in [0.5, 0.6) is 5.88 Å². The molecule has 0 aliphatic carbocycles. The summed E-state index contributed by atoms with van der Waals surface area (Å²) in [6.07, 6.45) is -0.131. The first-order valence-corrected chi connectivity index (χ1v) is 9.96. The van der Waals surface area contributed by atoms with Gasteiger partial charge in [-0.1, -0.05) is 17.7 Å². The van der Waals surface area contributed by atoms with Crippen molar-refractivity contribution < 1.29 is 27.0 Å². The van der Waals surface area contributed by atoms with Crippen molar-refractivity contribution in [3.05, 3.63) is 40.5 Å². The van der Waals surface area contributed by atoms with Gasteiger partial charge in [0.05, 0.1) is 28.0 Å². The van der Waals surface area contributed by atoms with Crippen molar-refractivity contribution in [3.63, 3.8) is 0 Å². The molecule has 0 saturated heterocycles. The van der Waals surface area contributed by atoms with E-state index in [1.54, 1.807) is 32.0 Å². The Labute approximate surface area is 180 Å². The number of benzene rings is 1. The zero-order chi connectivity index (χ0) is 22.3. The summed E-state index contributed by atoms with van der Waals surface area (Å²) in [5.74, 6) is 0.386. The Morgan fingerprint density at radius 1 is 1.03 bits per heavy atom. The lowest BCUT2D eigenvalue weighted by atomic mass is 10.1. The summed E-state index contributed by atoms with van der Waals surface area (Å²) in [6.45, 7) is -1.43. The van der Waals surface area contributed by atoms with Gasteiger partial charge in [-0.2, -0.15) is 17.6 Å². The molecule has 0 radical (unpaired) electrons. The first kappa shape index (κ1) is 21.6. The molecule has 31 heavy (non-hydrogen) atoms. The lowest BCUT2D eigenvalue weighted by Crippen LogP contribution is -2.29. The summed E-state index contributed by atoms with van der Waals surface area (Å²) < 4.78 is 61.6. The Hall–Kier alpha value is -2.59. The quantitative estimate of drug-likeness (QED) is 0.434. The molecule has 1 atom stereocenters. The van der Waals surface area contributed by atoms with Crippen LogP contribution in [0.15, 0.2) is 24.3 Å². The molecule has 3 heterocycles. The summed E-state index contributed by atoms with van der Waals surface area (Å²) >= 11 is 6.37. The molecule has 4 rings (SSSR count). The topological polar surface area (TPSA) is 52.4 Å². The smallest absolute Gasteiger partial charge is 0.388 e. The van der Waals surface area contributed by atoms with Crippen LogP contribution in [0.3, 0.4) is 0 Å². The van der Waals surface area contributed by atoms with Crippen LogP contribution in [0, 0.1) is 6.92 Å². The van der Waals surface area contributed by atoms with Crippen LogP contribution in [0.25, 0.3) is 11.0 Å². The minimum atomic E-state index is -2.96. The number of nitrogens with zero attached hydrogens (tertiary/aromatic N) is 4. The number of rotatable bonds is 6. The van der Waals surface area contributed by atoms with Crippen LogP contribution in [-0.2, 0) is 11.3 Å². The summed E-state index contributed by atoms with van der Waals surface area (Å²) in [6, 6.07) is 6.28. The van der Waals surface area contributed by atoms with Gasteiger partial charge in [0, 0.05) is 24.7 Å². The van der Waals surface area contributed by atoms with Crippen LogP contribution in [-0.4, -0.2) is 34.3 Å². The van der Waals surface area contributed by atoms with Crippen molar-refractivity contribution >= 4 is 34.3 Å². The number of hydrogen-bond acceptors (Lipinski definition) is 5. The number of aromatic nitrogens is 3. The van der Waals surface area contributed by atoms with Crippen LogP contribution < -0.4 is 9.64 Å². The molecule has 0 spiro atoms. The van der Waals surface area contributed by atoms with Crippen molar-refractivity contribution in [1.82, 2.24) is 14.5 Å². The zero-order valence-corrected chi connectivity index (χ0v) is 17.4. The number of aryl methyl sites for hydroxylation is 2. The molecular weight excluding hydrogens is 440 g/mol. The van der Waals surface area contributed by atoms with E-state index in [2.05, 4.69) is 14.7 Å². The van der Waals surface area contributed by atoms with E-state index in [1.807, 2.05) is 9.47 Å². The predicted octanol–water partition coefficient (Wildman–Crippen LogP) is 5.84. The van der Waals surface area contributed by atoms with E-state index >= 15 is 0 Å². The Morgan fingerprint density at radius 3 is 2.48 bits per heavy atom. The SMILES string of the molecule is Cc1nc(OC(F)F)ccc1N1CCCn2c1nc1c(Cl)ccc(C(C)OC(F)F)c12. The van der Waals surface area contributed by atoms with E-state index in [1.165, 1.54) is 6.07 Å². The van der Waals surface area contributed by atoms with Crippen molar-refractivity contribution in [2.75, 3.05) is 11.4 Å². The fraction of sp³-hybridized carbons (Fsp3) is 0.400. The van der Waals surface area contributed by atoms with E-state index in [4.69, 9.17) is 16.3 Å². The molecule has 1 unspecified atom stereocenters. The van der Waals surface area contributed by atoms with Gasteiger partial charge >= 0.3 is 13.2 Å². The lowest BCUT2D eigenvalue weighted by molar-refractivity contribution is -0.159. The second-order valence-corrected chi connectivity index (χ2v) is 7.48. The van der Waals surface area contributed by atoms with Crippen molar-refractivity contribution in [2.24, 2.45) is 0 Å². The third-order valence-electron chi connectivity index (χ3n) is 5.14. The van der Waals surface area contributed by atoms with Gasteiger partial charge in [0.1, 0.15) is 5.52 Å². The molecule has 0 bridgehead atoms. The second kappa shape index (κ2) is 8.51. The maximum atomic E-state index is 12.8. The van der Waals surface area contributed by atoms with Gasteiger partial charge < -0.3 is 18.9 Å². The van der Waals surface area contributed by atoms with Gasteiger partial charge in [0.15, 0.2) is 0 Å². The average Bonchev–Trinajstić information content (AvgIpc) is 3.08. The standard InChI is InChI=1S/C20H19ClF4N4O2/c1-10-14(6-7-15(26-10)31-19(24)25)28-8-3-9-29-17-12(11(2)30-18(22)23)4-5-13(21)16(17)27-20(28)29/h4-7,11,18-19H,3,8-9H2,1-2H3. The van der Waals surface area contributed by atoms with Crippen LogP contribution >= 0.6 is 11.6 Å². The van der Waals surface area contributed by atoms with Gasteiger partial charge in [-0.3, -0.25) is 0 Å². The minimum Gasteiger partial charge on any atom is -0.417 e. The Morgan fingerprint density at radius 2 is 1.81 bits per heavy atom. The maximum Gasteiger partial charge on any atom is 0.388 e. The first-order valence-electron chi connectivity index (χ1n) is 9.58. The number of imidazole rings is 1. The number of alkyl halides is 4. The molecule has 166 valence electrons. The van der Waals surface area contributed by atoms with Crippen molar-refractivity contribution in [1.29, 1.82) is 0 Å². The molecule has 6 nitrogen and oxygen atoms in total. The van der Waals surface area contributed by atoms with E-state index in [0.29, 0.717) is 52.0 Å². The fourth-order valence-electron chi connectivity index (χ4n) is 3.88. The van der Waals surface area contributed by atoms with Crippen LogP contribution in [0.4, 0.5) is 29.2 Å². The average molecular weight is 459 g/mol. The van der Waals surface area contributed by atoms with Crippen LogP contribution in [0.1, 0.15) is 30.7 Å². The molecule has 1 aromatic carbocycles. The molecule has 0 saturated carbocycles. The second-order valence-electron chi connectivity index (χ2n) is 7.07. The molecule has 0 fully saturated rings. The maximum absolute atomic E-state index is 12.8. The lowest BCUT2D eigenvalue weighted by Gasteiger charge is -2.30. The fourth-order valence-corrected chi connectivity index (χ4v) is 4.08. The molecule has 0 N–H and O–H groups in total. The molecular formula is C20H19ClF4N4O2. The number of pyridine rings is 1. The van der Waals surface area contributed by atoms with Gasteiger partial charge in [-0.25, -0.2) is 9.97 Å². The molecule has 2 aromatic heterocycles. The third kappa shape index (κ3) is 4.14. The van der Waals surface area contributed by atoms with E-state index in [0.717, 1.165) is 6.42 Å². The van der Waals surface area contributed by atoms with Gasteiger partial charge in [0.25, 0.3) is 0 Å². The number of anilines is 2. The summed E-state index contributed by atoms with van der Waals surface area (Å²) in [4.78, 5) is 10.7. The van der Waals surface area contributed by atoms with Crippen molar-refractivity contribution in [2.45, 2.75) is 46.1 Å². The Balaban J connectivity index is 1.81. The van der Waals surface area contributed by atoms with E-state index in [9.17, 15) is 17.6 Å². The molecule has 11 heteroatoms. The van der Waals surface area contributed by atoms with Gasteiger partial charge in [0.2, 0.25) is 11.8 Å². The predicted molar refractivity (Wildman–Crippen MR) is 107 cm³/mol. The van der Waals surface area contributed by atoms with Crippen LogP contribution in [0.2, 0.25) is 5.02 Å². The van der Waals surface area contributed by atoms with Crippen molar-refractivity contribution in [3.8, 4) is 5.88 Å². The first-order chi connectivity index (χ1) is 14.8. The normalized spacial score (nSPS) is 15.1. The van der Waals surface area contributed by atoms with E-state index < -0.39 is 19.3 Å². The number of fused-ring (bicyclic) bond motifs is 3. The number of halogens is 5. The molecule has 1 aliphatic rings. The summed E-state index contributed by atoms with van der Waals surface area (Å²) in [7, 11) is 0. The largest absolute Gasteiger partial charge is 0.417 e. The monoisotopic (exact) mass is 458 g/mol. The number of hydrogen-bond donors (Lipinski definition) is 0. The number of ether oxygens (including phenoxy) is 2. The molecule has 0 amide bonds. The third-order valence-corrected chi connectivity index (χ3v) is 5.44. The Bertz CT molecular complexity index is 1110. The highest BCUT2D eigenvalue weighted by atomic mass is 35.5. The summed E-state index contributed by atoms with van der Waals surface area (Å²) in [5, 5.41) is 0.389. The summed E-state index contributed by atoms with van der Waals surface area (Å²) in [5.41, 5.74) is 2.82. The van der Waals surface area contributed by atoms with Gasteiger partial charge in [-0.05, 0) is 32.4 Å². The Kier molecular flexibility index (Phi) is 5.94. The molecule has 1 aliphatic heterocycles. The minimum absolute atomic E-state index is 0.176. The van der Waals surface area contributed by atoms with Gasteiger partial charge in [-0.15, -0.1) is 0 Å². The molecule has 3 aromatic rings. The zero-order valence-electron chi connectivity index (χ0n) is 16.7. The highest BCUT2D eigenvalue weighted by Gasteiger charge is 2.28. The van der Waals surface area contributed by atoms with E-state index in [-0.39, 0.29) is 5.88 Å².